The van der Waals surface area contributed by atoms with Gasteiger partial charge < -0.3 is 20.4 Å². The van der Waals surface area contributed by atoms with Crippen molar-refractivity contribution in [3.63, 3.8) is 0 Å². The fraction of sp³-hybridized carbons (Fsp3) is 0.174. The molecule has 0 aliphatic rings. The number of anilines is 2. The first-order chi connectivity index (χ1) is 25.4. The summed E-state index contributed by atoms with van der Waals surface area (Å²) in [6.07, 6.45) is 0. The molecule has 0 spiro atoms. The fourth-order valence-electron chi connectivity index (χ4n) is 6.46. The van der Waals surface area contributed by atoms with Crippen molar-refractivity contribution in [2.45, 2.75) is 0 Å². The highest BCUT2D eigenvalue weighted by Crippen LogP contribution is 2.31. The molecule has 0 saturated carbocycles. The highest BCUT2D eigenvalue weighted by Gasteiger charge is 2.10. The number of hydrogen-bond donors (Lipinski definition) is 2. The lowest BCUT2D eigenvalue weighted by Gasteiger charge is -2.14. The first-order valence-corrected chi connectivity index (χ1v) is 18.0. The largest absolute Gasteiger partial charge is 0.383 e. The molecule has 0 fully saturated rings. The van der Waals surface area contributed by atoms with Crippen LogP contribution in [0.1, 0.15) is 0 Å². The van der Waals surface area contributed by atoms with Gasteiger partial charge in [-0.25, -0.2) is 9.97 Å². The maximum Gasteiger partial charge on any atom is 0.0730 e. The van der Waals surface area contributed by atoms with Gasteiger partial charge in [0, 0.05) is 59.5 Å². The minimum Gasteiger partial charge on any atom is -0.383 e. The molecule has 54 heavy (non-hydrogen) atoms. The van der Waals surface area contributed by atoms with Gasteiger partial charge in [-0.3, -0.25) is 0 Å². The van der Waals surface area contributed by atoms with Gasteiger partial charge in [0.2, 0.25) is 0 Å². The van der Waals surface area contributed by atoms with E-state index in [9.17, 15) is 0 Å². The molecule has 0 amide bonds. The molecule has 6 aromatic carbocycles. The average molecular weight is 756 g/mol. The lowest BCUT2D eigenvalue weighted by Crippen LogP contribution is -2.20. The lowest BCUT2D eigenvalue weighted by atomic mass is 10.0. The van der Waals surface area contributed by atoms with Gasteiger partial charge in [-0.15, -0.1) is 24.8 Å². The van der Waals surface area contributed by atoms with Gasteiger partial charge in [-0.2, -0.15) is 0 Å². The molecule has 8 rings (SSSR count). The summed E-state index contributed by atoms with van der Waals surface area (Å²) in [7, 11) is 8.36. The number of rotatable bonds is 10. The van der Waals surface area contributed by atoms with Crippen LogP contribution in [-0.4, -0.2) is 74.1 Å². The van der Waals surface area contributed by atoms with Crippen molar-refractivity contribution in [3.8, 4) is 22.5 Å². The summed E-state index contributed by atoms with van der Waals surface area (Å²) < 4.78 is 0. The molecule has 0 aliphatic carbocycles. The van der Waals surface area contributed by atoms with Crippen molar-refractivity contribution in [2.75, 3.05) is 65.0 Å². The molecule has 2 N–H and O–H groups in total. The SMILES string of the molecule is CN(C)CCNc1cc(-c2ccc3ccccc3c2)nc2ccccc12.CN(C)CCNc1cc(-c2ccc3ccccc3c2)nc2ccccc12.Cl.Cl. The van der Waals surface area contributed by atoms with Crippen molar-refractivity contribution in [3.05, 3.63) is 146 Å². The van der Waals surface area contributed by atoms with Gasteiger partial charge in [-0.1, -0.05) is 109 Å². The van der Waals surface area contributed by atoms with Crippen molar-refractivity contribution >= 4 is 79.5 Å². The van der Waals surface area contributed by atoms with Crippen LogP contribution < -0.4 is 10.6 Å². The second kappa shape index (κ2) is 18.7. The number of benzene rings is 6. The zero-order chi connectivity index (χ0) is 35.9. The number of hydrogen-bond acceptors (Lipinski definition) is 6. The quantitative estimate of drug-likeness (QED) is 0.145. The maximum atomic E-state index is 4.91. The number of fused-ring (bicyclic) bond motifs is 4. The van der Waals surface area contributed by atoms with Crippen molar-refractivity contribution in [1.29, 1.82) is 0 Å². The third-order valence-corrected chi connectivity index (χ3v) is 9.27. The minimum absolute atomic E-state index is 0. The van der Waals surface area contributed by atoms with E-state index < -0.39 is 0 Å². The Kier molecular flexibility index (Phi) is 13.8. The number of likely N-dealkylation sites (N-methyl/N-ethyl adjacent to an activating group) is 2. The molecule has 2 heterocycles. The first kappa shape index (κ1) is 40.0. The summed E-state index contributed by atoms with van der Waals surface area (Å²) in [4.78, 5) is 14.2. The highest BCUT2D eigenvalue weighted by molar-refractivity contribution is 5.96. The van der Waals surface area contributed by atoms with Crippen LogP contribution in [0.2, 0.25) is 0 Å². The van der Waals surface area contributed by atoms with Gasteiger partial charge in [0.15, 0.2) is 0 Å². The van der Waals surface area contributed by atoms with Crippen LogP contribution >= 0.6 is 24.8 Å². The van der Waals surface area contributed by atoms with Crippen LogP contribution in [0, 0.1) is 0 Å². The molecule has 276 valence electrons. The predicted octanol–water partition coefficient (Wildman–Crippen LogP) is 10.9. The van der Waals surface area contributed by atoms with Crippen LogP contribution in [0.15, 0.2) is 146 Å². The molecule has 0 unspecified atom stereocenters. The summed E-state index contributed by atoms with van der Waals surface area (Å²) in [5.74, 6) is 0. The Morgan fingerprint density at radius 2 is 0.796 bits per heavy atom. The molecule has 0 bridgehead atoms. The summed E-state index contributed by atoms with van der Waals surface area (Å²) in [5.41, 5.74) is 8.61. The van der Waals surface area contributed by atoms with E-state index >= 15 is 0 Å². The van der Waals surface area contributed by atoms with E-state index in [1.165, 1.54) is 21.5 Å². The summed E-state index contributed by atoms with van der Waals surface area (Å²) in [6.45, 7) is 3.78. The number of nitrogens with zero attached hydrogens (tertiary/aromatic N) is 4. The molecule has 0 aliphatic heterocycles. The summed E-state index contributed by atoms with van der Waals surface area (Å²) in [6, 6.07) is 50.9. The van der Waals surface area contributed by atoms with Crippen LogP contribution in [0.3, 0.4) is 0 Å². The number of nitrogens with one attached hydrogen (secondary N) is 2. The zero-order valence-corrected chi connectivity index (χ0v) is 32.9. The molecular formula is C46H48Cl2N6. The Morgan fingerprint density at radius 3 is 1.20 bits per heavy atom. The van der Waals surface area contributed by atoms with Crippen molar-refractivity contribution in [2.24, 2.45) is 0 Å². The third-order valence-electron chi connectivity index (χ3n) is 9.27. The standard InChI is InChI=1S/2C23H23N3.2ClH/c2*1-26(2)14-13-24-23-16-22(25-21-10-6-5-9-20(21)23)19-12-11-17-7-3-4-8-18(17)15-19;;/h2*3-12,15-16H,13-14H2,1-2H3,(H,24,25);2*1H. The second-order valence-electron chi connectivity index (χ2n) is 13.7. The second-order valence-corrected chi connectivity index (χ2v) is 13.7. The molecule has 0 radical (unpaired) electrons. The van der Waals surface area contributed by atoms with E-state index in [4.69, 9.17) is 9.97 Å². The summed E-state index contributed by atoms with van der Waals surface area (Å²) >= 11 is 0. The molecular weight excluding hydrogens is 707 g/mol. The molecule has 8 aromatic rings. The number of pyridine rings is 2. The van der Waals surface area contributed by atoms with E-state index in [0.29, 0.717) is 0 Å². The Hall–Kier alpha value is -5.24. The zero-order valence-electron chi connectivity index (χ0n) is 31.3. The Labute approximate surface area is 331 Å². The number of aromatic nitrogens is 2. The number of halogens is 2. The van der Waals surface area contributed by atoms with Gasteiger partial charge in [-0.05, 0) is 86.1 Å². The Bertz CT molecular complexity index is 2290. The van der Waals surface area contributed by atoms with E-state index in [1.807, 2.05) is 12.1 Å². The fourth-order valence-corrected chi connectivity index (χ4v) is 6.46. The van der Waals surface area contributed by atoms with E-state index in [0.717, 1.165) is 81.9 Å². The maximum absolute atomic E-state index is 4.91. The highest BCUT2D eigenvalue weighted by atomic mass is 35.5. The lowest BCUT2D eigenvalue weighted by molar-refractivity contribution is 0.425. The summed E-state index contributed by atoms with van der Waals surface area (Å²) in [5, 5.41) is 14.5. The topological polar surface area (TPSA) is 56.3 Å². The van der Waals surface area contributed by atoms with Crippen LogP contribution in [-0.2, 0) is 0 Å². The molecule has 0 saturated heterocycles. The molecule has 0 atom stereocenters. The van der Waals surface area contributed by atoms with E-state index in [-0.39, 0.29) is 24.8 Å². The molecule has 6 nitrogen and oxygen atoms in total. The minimum atomic E-state index is 0. The normalized spacial score (nSPS) is 10.9. The van der Waals surface area contributed by atoms with Gasteiger partial charge >= 0.3 is 0 Å². The van der Waals surface area contributed by atoms with Crippen molar-refractivity contribution < 1.29 is 0 Å². The smallest absolute Gasteiger partial charge is 0.0730 e. The Balaban J connectivity index is 0.000000200. The Morgan fingerprint density at radius 1 is 0.426 bits per heavy atom. The van der Waals surface area contributed by atoms with E-state index in [1.54, 1.807) is 0 Å². The number of para-hydroxylation sites is 2. The van der Waals surface area contributed by atoms with Gasteiger partial charge in [0.25, 0.3) is 0 Å². The van der Waals surface area contributed by atoms with Crippen LogP contribution in [0.5, 0.6) is 0 Å². The van der Waals surface area contributed by atoms with Gasteiger partial charge in [0.05, 0.1) is 22.4 Å². The molecule has 2 aromatic heterocycles. The van der Waals surface area contributed by atoms with E-state index in [2.05, 4.69) is 182 Å². The van der Waals surface area contributed by atoms with Crippen LogP contribution in [0.4, 0.5) is 11.4 Å². The molecule has 8 heteroatoms. The average Bonchev–Trinajstić information content (AvgIpc) is 3.17. The van der Waals surface area contributed by atoms with Gasteiger partial charge in [0.1, 0.15) is 0 Å². The van der Waals surface area contributed by atoms with Crippen LogP contribution in [0.25, 0.3) is 65.9 Å². The third kappa shape index (κ3) is 9.64. The first-order valence-electron chi connectivity index (χ1n) is 18.0. The van der Waals surface area contributed by atoms with Crippen molar-refractivity contribution in [1.82, 2.24) is 19.8 Å². The monoisotopic (exact) mass is 754 g/mol. The predicted molar refractivity (Wildman–Crippen MR) is 238 cm³/mol.